The van der Waals surface area contributed by atoms with Gasteiger partial charge in [0.1, 0.15) is 0 Å². The molecule has 1 aromatic heterocycles. The van der Waals surface area contributed by atoms with E-state index in [-0.39, 0.29) is 5.91 Å². The van der Waals surface area contributed by atoms with Crippen LogP contribution < -0.4 is 10.6 Å². The summed E-state index contributed by atoms with van der Waals surface area (Å²) in [4.78, 5) is 16.2. The van der Waals surface area contributed by atoms with Crippen LogP contribution in [0, 0.1) is 5.92 Å². The first kappa shape index (κ1) is 13.8. The zero-order valence-corrected chi connectivity index (χ0v) is 11.6. The number of nitrogens with one attached hydrogen (secondary N) is 2. The van der Waals surface area contributed by atoms with Crippen molar-refractivity contribution in [2.45, 2.75) is 39.0 Å². The summed E-state index contributed by atoms with van der Waals surface area (Å²) in [6, 6.07) is 1.77. The highest BCUT2D eigenvalue weighted by Gasteiger charge is 2.15. The van der Waals surface area contributed by atoms with Gasteiger partial charge >= 0.3 is 0 Å². The van der Waals surface area contributed by atoms with Gasteiger partial charge in [0.15, 0.2) is 0 Å². The van der Waals surface area contributed by atoms with E-state index in [0.29, 0.717) is 5.56 Å². The molecule has 1 fully saturated rings. The SMILES string of the molecule is CCNc1cnccc1C(=O)NCCC1CCCC1. The van der Waals surface area contributed by atoms with E-state index < -0.39 is 0 Å². The molecule has 1 aromatic rings. The van der Waals surface area contributed by atoms with Crippen molar-refractivity contribution in [1.29, 1.82) is 0 Å². The zero-order valence-electron chi connectivity index (χ0n) is 11.6. The third-order valence-electron chi connectivity index (χ3n) is 3.75. The molecule has 0 aliphatic heterocycles. The topological polar surface area (TPSA) is 54.0 Å². The lowest BCUT2D eigenvalue weighted by atomic mass is 10.0. The maximum Gasteiger partial charge on any atom is 0.253 e. The van der Waals surface area contributed by atoms with Crippen LogP contribution in [0.15, 0.2) is 18.5 Å². The molecule has 1 amide bonds. The van der Waals surface area contributed by atoms with Crippen molar-refractivity contribution < 1.29 is 4.79 Å². The molecule has 0 unspecified atom stereocenters. The molecule has 19 heavy (non-hydrogen) atoms. The number of carbonyl (C=O) groups is 1. The molecule has 0 aromatic carbocycles. The minimum absolute atomic E-state index is 0.00338. The molecule has 0 saturated heterocycles. The Labute approximate surface area is 115 Å². The highest BCUT2D eigenvalue weighted by Crippen LogP contribution is 2.26. The Morgan fingerprint density at radius 1 is 1.42 bits per heavy atom. The van der Waals surface area contributed by atoms with Gasteiger partial charge in [0.05, 0.1) is 17.4 Å². The van der Waals surface area contributed by atoms with E-state index >= 15 is 0 Å². The molecule has 1 saturated carbocycles. The standard InChI is InChI=1S/C15H23N3O/c1-2-17-14-11-16-9-8-13(14)15(19)18-10-7-12-5-3-4-6-12/h8-9,11-12,17H,2-7,10H2,1H3,(H,18,19). The number of hydrogen-bond donors (Lipinski definition) is 2. The van der Waals surface area contributed by atoms with Gasteiger partial charge in [-0.2, -0.15) is 0 Å². The number of nitrogens with zero attached hydrogens (tertiary/aromatic N) is 1. The summed E-state index contributed by atoms with van der Waals surface area (Å²) in [6.07, 6.45) is 9.83. The lowest BCUT2D eigenvalue weighted by molar-refractivity contribution is 0.0952. The van der Waals surface area contributed by atoms with E-state index in [1.165, 1.54) is 25.7 Å². The second kappa shape index (κ2) is 7.12. The second-order valence-electron chi connectivity index (χ2n) is 5.15. The number of hydrogen-bond acceptors (Lipinski definition) is 3. The molecule has 2 N–H and O–H groups in total. The Morgan fingerprint density at radius 2 is 2.21 bits per heavy atom. The molecule has 4 heteroatoms. The van der Waals surface area contributed by atoms with Crippen molar-refractivity contribution in [3.05, 3.63) is 24.0 Å². The van der Waals surface area contributed by atoms with Crippen LogP contribution in [0.25, 0.3) is 0 Å². The molecule has 0 radical (unpaired) electrons. The minimum atomic E-state index is -0.00338. The van der Waals surface area contributed by atoms with Crippen molar-refractivity contribution in [2.75, 3.05) is 18.4 Å². The largest absolute Gasteiger partial charge is 0.383 e. The quantitative estimate of drug-likeness (QED) is 0.828. The zero-order chi connectivity index (χ0) is 13.5. The maximum absolute atomic E-state index is 12.1. The third kappa shape index (κ3) is 3.94. The summed E-state index contributed by atoms with van der Waals surface area (Å²) in [5.74, 6) is 0.808. The first-order valence-electron chi connectivity index (χ1n) is 7.27. The summed E-state index contributed by atoms with van der Waals surface area (Å²) in [6.45, 7) is 3.57. The van der Waals surface area contributed by atoms with Crippen LogP contribution in [-0.2, 0) is 0 Å². The first-order valence-corrected chi connectivity index (χ1v) is 7.27. The monoisotopic (exact) mass is 261 g/mol. The van der Waals surface area contributed by atoms with E-state index in [0.717, 1.165) is 31.1 Å². The molecule has 0 atom stereocenters. The highest BCUT2D eigenvalue weighted by atomic mass is 16.1. The third-order valence-corrected chi connectivity index (χ3v) is 3.75. The fourth-order valence-electron chi connectivity index (χ4n) is 2.71. The predicted molar refractivity (Wildman–Crippen MR) is 77.3 cm³/mol. The van der Waals surface area contributed by atoms with Gasteiger partial charge in [-0.1, -0.05) is 25.7 Å². The number of carbonyl (C=O) groups excluding carboxylic acids is 1. The number of aromatic nitrogens is 1. The summed E-state index contributed by atoms with van der Waals surface area (Å²) in [5.41, 5.74) is 1.49. The summed E-state index contributed by atoms with van der Waals surface area (Å²) < 4.78 is 0. The van der Waals surface area contributed by atoms with E-state index in [4.69, 9.17) is 0 Å². The van der Waals surface area contributed by atoms with Crippen molar-refractivity contribution in [3.8, 4) is 0 Å². The number of amides is 1. The van der Waals surface area contributed by atoms with Crippen LogP contribution in [0.2, 0.25) is 0 Å². The van der Waals surface area contributed by atoms with Crippen LogP contribution in [0.1, 0.15) is 49.4 Å². The summed E-state index contributed by atoms with van der Waals surface area (Å²) >= 11 is 0. The van der Waals surface area contributed by atoms with Gasteiger partial charge in [-0.3, -0.25) is 9.78 Å². The van der Waals surface area contributed by atoms with Crippen molar-refractivity contribution in [1.82, 2.24) is 10.3 Å². The molecule has 1 heterocycles. The molecule has 104 valence electrons. The number of anilines is 1. The Kier molecular flexibility index (Phi) is 5.19. The van der Waals surface area contributed by atoms with Crippen LogP contribution in [0.4, 0.5) is 5.69 Å². The number of pyridine rings is 1. The lowest BCUT2D eigenvalue weighted by Gasteiger charge is -2.12. The molecule has 4 nitrogen and oxygen atoms in total. The smallest absolute Gasteiger partial charge is 0.253 e. The fourth-order valence-corrected chi connectivity index (χ4v) is 2.71. The van der Waals surface area contributed by atoms with Gasteiger partial charge in [-0.05, 0) is 25.3 Å². The van der Waals surface area contributed by atoms with Crippen LogP contribution in [0.5, 0.6) is 0 Å². The normalized spacial score (nSPS) is 15.4. The van der Waals surface area contributed by atoms with E-state index in [1.54, 1.807) is 18.5 Å². The highest BCUT2D eigenvalue weighted by molar-refractivity contribution is 5.99. The molecular weight excluding hydrogens is 238 g/mol. The maximum atomic E-state index is 12.1. The van der Waals surface area contributed by atoms with Crippen molar-refractivity contribution >= 4 is 11.6 Å². The molecule has 1 aliphatic rings. The molecular formula is C15H23N3O. The molecule has 1 aliphatic carbocycles. The average molecular weight is 261 g/mol. The van der Waals surface area contributed by atoms with Crippen LogP contribution in [-0.4, -0.2) is 24.0 Å². The summed E-state index contributed by atoms with van der Waals surface area (Å²) in [5, 5.41) is 6.18. The average Bonchev–Trinajstić information content (AvgIpc) is 2.93. The molecule has 2 rings (SSSR count). The van der Waals surface area contributed by atoms with Crippen molar-refractivity contribution in [3.63, 3.8) is 0 Å². The van der Waals surface area contributed by atoms with E-state index in [9.17, 15) is 4.79 Å². The number of rotatable bonds is 6. The van der Waals surface area contributed by atoms with Gasteiger partial charge < -0.3 is 10.6 Å². The Morgan fingerprint density at radius 3 is 2.95 bits per heavy atom. The van der Waals surface area contributed by atoms with Crippen molar-refractivity contribution in [2.24, 2.45) is 5.92 Å². The van der Waals surface area contributed by atoms with Gasteiger partial charge in [0.2, 0.25) is 0 Å². The van der Waals surface area contributed by atoms with Gasteiger partial charge in [0.25, 0.3) is 5.91 Å². The van der Waals surface area contributed by atoms with Crippen LogP contribution >= 0.6 is 0 Å². The molecule has 0 spiro atoms. The van der Waals surface area contributed by atoms with E-state index in [1.807, 2.05) is 6.92 Å². The molecule has 0 bridgehead atoms. The first-order chi connectivity index (χ1) is 9.31. The van der Waals surface area contributed by atoms with Gasteiger partial charge in [-0.15, -0.1) is 0 Å². The Balaban J connectivity index is 1.84. The summed E-state index contributed by atoms with van der Waals surface area (Å²) in [7, 11) is 0. The van der Waals surface area contributed by atoms with Gasteiger partial charge in [0, 0.05) is 19.3 Å². The fraction of sp³-hybridized carbons (Fsp3) is 0.600. The predicted octanol–water partition coefficient (Wildman–Crippen LogP) is 2.82. The minimum Gasteiger partial charge on any atom is -0.383 e. The Hall–Kier alpha value is -1.58. The second-order valence-corrected chi connectivity index (χ2v) is 5.15. The van der Waals surface area contributed by atoms with Crippen LogP contribution in [0.3, 0.4) is 0 Å². The lowest BCUT2D eigenvalue weighted by Crippen LogP contribution is -2.26. The van der Waals surface area contributed by atoms with Gasteiger partial charge in [-0.25, -0.2) is 0 Å². The van der Waals surface area contributed by atoms with E-state index in [2.05, 4.69) is 15.6 Å². The Bertz CT molecular complexity index is 414.